The van der Waals surface area contributed by atoms with E-state index in [0.29, 0.717) is 29.3 Å². The highest BCUT2D eigenvalue weighted by Crippen LogP contribution is 2.49. The lowest BCUT2D eigenvalue weighted by Crippen LogP contribution is -2.36. The van der Waals surface area contributed by atoms with Crippen molar-refractivity contribution in [1.82, 2.24) is 4.90 Å². The van der Waals surface area contributed by atoms with Gasteiger partial charge in [0.05, 0.1) is 11.1 Å². The van der Waals surface area contributed by atoms with Gasteiger partial charge in [0.2, 0.25) is 0 Å². The number of carbonyl (C=O) groups is 2. The number of benzene rings is 1. The zero-order valence-corrected chi connectivity index (χ0v) is 11.3. The zero-order valence-electron chi connectivity index (χ0n) is 11.3. The third-order valence-corrected chi connectivity index (χ3v) is 4.84. The fourth-order valence-electron chi connectivity index (χ4n) is 3.42. The Labute approximate surface area is 117 Å². The number of nitrogens with zero attached hydrogens (tertiary/aromatic N) is 1. The van der Waals surface area contributed by atoms with Gasteiger partial charge in [-0.1, -0.05) is 0 Å². The molecule has 3 aliphatic rings. The van der Waals surface area contributed by atoms with Gasteiger partial charge in [0.1, 0.15) is 0 Å². The third-order valence-electron chi connectivity index (χ3n) is 4.84. The van der Waals surface area contributed by atoms with E-state index < -0.39 is 0 Å². The molecule has 2 aliphatic carbocycles. The number of rotatable bonds is 4. The second-order valence-electron chi connectivity index (χ2n) is 6.36. The predicted molar refractivity (Wildman–Crippen MR) is 75.2 cm³/mol. The van der Waals surface area contributed by atoms with Gasteiger partial charge in [-0.2, -0.15) is 0 Å². The summed E-state index contributed by atoms with van der Waals surface area (Å²) in [5.74, 6) is 1.68. The summed E-state index contributed by atoms with van der Waals surface area (Å²) in [5, 5.41) is 0. The Bertz CT molecular complexity index is 590. The maximum Gasteiger partial charge on any atom is 0.261 e. The molecule has 104 valence electrons. The van der Waals surface area contributed by atoms with Gasteiger partial charge in [0, 0.05) is 12.2 Å². The number of nitrogens with two attached hydrogens (primary N) is 1. The molecular weight excluding hydrogens is 252 g/mol. The monoisotopic (exact) mass is 270 g/mol. The second kappa shape index (κ2) is 4.08. The van der Waals surface area contributed by atoms with Crippen molar-refractivity contribution in [3.05, 3.63) is 29.3 Å². The molecule has 1 aromatic carbocycles. The van der Waals surface area contributed by atoms with Crippen LogP contribution >= 0.6 is 0 Å². The molecule has 2 amide bonds. The highest BCUT2D eigenvalue weighted by Gasteiger charge is 2.45. The number of carbonyl (C=O) groups excluding carboxylic acids is 2. The third kappa shape index (κ3) is 1.82. The van der Waals surface area contributed by atoms with Crippen molar-refractivity contribution in [1.29, 1.82) is 0 Å². The zero-order chi connectivity index (χ0) is 13.9. The molecule has 20 heavy (non-hydrogen) atoms. The average Bonchev–Trinajstić information content (AvgIpc) is 3.31. The van der Waals surface area contributed by atoms with Crippen molar-refractivity contribution >= 4 is 17.5 Å². The lowest BCUT2D eigenvalue weighted by atomic mass is 9.97. The van der Waals surface area contributed by atoms with Crippen LogP contribution in [0.3, 0.4) is 0 Å². The first kappa shape index (κ1) is 11.9. The van der Waals surface area contributed by atoms with E-state index in [1.807, 2.05) is 0 Å². The van der Waals surface area contributed by atoms with Crippen molar-refractivity contribution in [3.8, 4) is 0 Å². The van der Waals surface area contributed by atoms with Crippen molar-refractivity contribution in [2.45, 2.75) is 25.7 Å². The number of anilines is 1. The summed E-state index contributed by atoms with van der Waals surface area (Å²) in [5.41, 5.74) is 7.24. The van der Waals surface area contributed by atoms with E-state index >= 15 is 0 Å². The van der Waals surface area contributed by atoms with Crippen LogP contribution in [0.4, 0.5) is 5.69 Å². The maximum atomic E-state index is 12.4. The van der Waals surface area contributed by atoms with Gasteiger partial charge < -0.3 is 5.73 Å². The molecule has 1 aromatic rings. The minimum Gasteiger partial charge on any atom is -0.399 e. The molecule has 4 heteroatoms. The molecule has 2 fully saturated rings. The van der Waals surface area contributed by atoms with Crippen LogP contribution in [0, 0.1) is 17.8 Å². The first-order chi connectivity index (χ1) is 9.65. The largest absolute Gasteiger partial charge is 0.399 e. The van der Waals surface area contributed by atoms with Gasteiger partial charge >= 0.3 is 0 Å². The number of fused-ring (bicyclic) bond motifs is 1. The van der Waals surface area contributed by atoms with E-state index in [1.54, 1.807) is 18.2 Å². The smallest absolute Gasteiger partial charge is 0.261 e. The number of amides is 2. The molecular formula is C16H18N2O2. The molecule has 0 aromatic heterocycles. The molecule has 4 rings (SSSR count). The molecule has 1 aliphatic heterocycles. The molecule has 0 saturated heterocycles. The SMILES string of the molecule is Nc1ccc2c(c1)C(=O)N(CC(C1CC1)C1CC1)C2=O. The molecule has 0 spiro atoms. The van der Waals surface area contributed by atoms with E-state index in [1.165, 1.54) is 30.6 Å². The molecule has 0 bridgehead atoms. The molecule has 0 radical (unpaired) electrons. The average molecular weight is 270 g/mol. The van der Waals surface area contributed by atoms with Crippen molar-refractivity contribution in [2.24, 2.45) is 17.8 Å². The fourth-order valence-corrected chi connectivity index (χ4v) is 3.42. The Morgan fingerprint density at radius 2 is 1.65 bits per heavy atom. The van der Waals surface area contributed by atoms with Crippen LogP contribution in [0.25, 0.3) is 0 Å². The van der Waals surface area contributed by atoms with Gasteiger partial charge in [-0.05, 0) is 61.6 Å². The summed E-state index contributed by atoms with van der Waals surface area (Å²) in [6, 6.07) is 4.99. The topological polar surface area (TPSA) is 63.4 Å². The van der Waals surface area contributed by atoms with Crippen LogP contribution in [0.2, 0.25) is 0 Å². The minimum atomic E-state index is -0.163. The number of hydrogen-bond acceptors (Lipinski definition) is 3. The molecule has 1 heterocycles. The number of imide groups is 1. The van der Waals surface area contributed by atoms with E-state index in [0.717, 1.165) is 11.8 Å². The Morgan fingerprint density at radius 1 is 1.05 bits per heavy atom. The van der Waals surface area contributed by atoms with Gasteiger partial charge in [-0.15, -0.1) is 0 Å². The summed E-state index contributed by atoms with van der Waals surface area (Å²) in [4.78, 5) is 26.3. The maximum absolute atomic E-state index is 12.4. The second-order valence-corrected chi connectivity index (χ2v) is 6.36. The highest BCUT2D eigenvalue weighted by atomic mass is 16.2. The molecule has 0 atom stereocenters. The van der Waals surface area contributed by atoms with Crippen LogP contribution in [-0.4, -0.2) is 23.3 Å². The quantitative estimate of drug-likeness (QED) is 0.674. The van der Waals surface area contributed by atoms with E-state index in [4.69, 9.17) is 5.73 Å². The first-order valence-corrected chi connectivity index (χ1v) is 7.41. The normalized spacial score (nSPS) is 21.8. The molecule has 4 nitrogen and oxygen atoms in total. The van der Waals surface area contributed by atoms with Gasteiger partial charge in [-0.3, -0.25) is 14.5 Å². The number of hydrogen-bond donors (Lipinski definition) is 1. The lowest BCUT2D eigenvalue weighted by molar-refractivity contribution is 0.0615. The minimum absolute atomic E-state index is 0.142. The van der Waals surface area contributed by atoms with Gasteiger partial charge in [0.25, 0.3) is 11.8 Å². The Hall–Kier alpha value is -1.84. The summed E-state index contributed by atoms with van der Waals surface area (Å²) in [6.07, 6.45) is 5.04. The van der Waals surface area contributed by atoms with Crippen LogP contribution in [0.1, 0.15) is 46.4 Å². The van der Waals surface area contributed by atoms with Crippen molar-refractivity contribution in [3.63, 3.8) is 0 Å². The number of nitrogen functional groups attached to an aromatic ring is 1. The molecule has 0 unspecified atom stereocenters. The first-order valence-electron chi connectivity index (χ1n) is 7.41. The Kier molecular flexibility index (Phi) is 2.43. The summed E-state index contributed by atoms with van der Waals surface area (Å²) in [7, 11) is 0. The summed E-state index contributed by atoms with van der Waals surface area (Å²) < 4.78 is 0. The fraction of sp³-hybridized carbons (Fsp3) is 0.500. The summed E-state index contributed by atoms with van der Waals surface area (Å²) >= 11 is 0. The summed E-state index contributed by atoms with van der Waals surface area (Å²) in [6.45, 7) is 0.599. The molecule has 2 N–H and O–H groups in total. The van der Waals surface area contributed by atoms with E-state index in [9.17, 15) is 9.59 Å². The standard InChI is InChI=1S/C16H18N2O2/c17-11-5-6-12-13(7-11)16(20)18(15(12)19)8-14(9-1-2-9)10-3-4-10/h5-7,9-10,14H,1-4,8,17H2. The predicted octanol–water partition coefficient (Wildman–Crippen LogP) is 2.30. The lowest BCUT2D eigenvalue weighted by Gasteiger charge is -2.22. The van der Waals surface area contributed by atoms with E-state index in [-0.39, 0.29) is 11.8 Å². The van der Waals surface area contributed by atoms with Crippen LogP contribution in [-0.2, 0) is 0 Å². The van der Waals surface area contributed by atoms with Gasteiger partial charge in [-0.25, -0.2) is 0 Å². The van der Waals surface area contributed by atoms with E-state index in [2.05, 4.69) is 0 Å². The molecule has 2 saturated carbocycles. The highest BCUT2D eigenvalue weighted by molar-refractivity contribution is 6.21. The van der Waals surface area contributed by atoms with Crippen molar-refractivity contribution < 1.29 is 9.59 Å². The Morgan fingerprint density at radius 3 is 2.25 bits per heavy atom. The van der Waals surface area contributed by atoms with Crippen LogP contribution in [0.15, 0.2) is 18.2 Å². The van der Waals surface area contributed by atoms with Crippen LogP contribution in [0.5, 0.6) is 0 Å². The van der Waals surface area contributed by atoms with Gasteiger partial charge in [0.15, 0.2) is 0 Å². The van der Waals surface area contributed by atoms with Crippen molar-refractivity contribution in [2.75, 3.05) is 12.3 Å². The van der Waals surface area contributed by atoms with Crippen LogP contribution < -0.4 is 5.73 Å². The Balaban J connectivity index is 1.60.